The summed E-state index contributed by atoms with van der Waals surface area (Å²) < 4.78 is 31.7. The van der Waals surface area contributed by atoms with Crippen LogP contribution in [0.5, 0.6) is 0 Å². The third kappa shape index (κ3) is 25.1. The molecule has 0 rings (SSSR count). The second-order valence-corrected chi connectivity index (χ2v) is 10.5. The fourth-order valence-corrected chi connectivity index (χ4v) is 3.85. The van der Waals surface area contributed by atoms with Crippen molar-refractivity contribution >= 4 is 19.8 Å². The van der Waals surface area contributed by atoms with E-state index < -0.39 is 58.4 Å². The first kappa shape index (κ1) is 38.7. The lowest BCUT2D eigenvalue weighted by molar-refractivity contribution is -0.153. The van der Waals surface area contributed by atoms with Gasteiger partial charge in [0, 0.05) is 6.42 Å². The van der Waals surface area contributed by atoms with Crippen LogP contribution < -0.4 is 0 Å². The minimum absolute atomic E-state index is 0.0425. The Morgan fingerprint density at radius 2 is 1.12 bits per heavy atom. The van der Waals surface area contributed by atoms with Crippen LogP contribution in [0.25, 0.3) is 0 Å². The zero-order valence-corrected chi connectivity index (χ0v) is 25.4. The van der Waals surface area contributed by atoms with Gasteiger partial charge in [-0.05, 0) is 38.5 Å². The second-order valence-electron chi connectivity index (χ2n) is 9.02. The van der Waals surface area contributed by atoms with E-state index in [0.29, 0.717) is 12.8 Å². The molecule has 3 unspecified atom stereocenters. The molecule has 0 aliphatic carbocycles. The van der Waals surface area contributed by atoms with Crippen molar-refractivity contribution in [3.05, 3.63) is 60.8 Å². The summed E-state index contributed by atoms with van der Waals surface area (Å²) >= 11 is 0. The number of phosphoric ester groups is 1. The van der Waals surface area contributed by atoms with E-state index in [1.165, 1.54) is 0 Å². The topological polar surface area (TPSA) is 149 Å². The van der Waals surface area contributed by atoms with Gasteiger partial charge in [0.2, 0.25) is 0 Å². The molecule has 0 radical (unpaired) electrons. The van der Waals surface area contributed by atoms with E-state index >= 15 is 0 Å². The molecule has 11 heteroatoms. The van der Waals surface area contributed by atoms with Crippen LogP contribution in [0.15, 0.2) is 60.8 Å². The summed E-state index contributed by atoms with van der Waals surface area (Å²) in [6, 6.07) is 0. The lowest BCUT2D eigenvalue weighted by atomic mass is 10.2. The number of allylic oxidation sites excluding steroid dienone is 9. The van der Waals surface area contributed by atoms with Gasteiger partial charge in [-0.1, -0.05) is 87.4 Å². The molecule has 0 heterocycles. The zero-order valence-electron chi connectivity index (χ0n) is 24.5. The summed E-state index contributed by atoms with van der Waals surface area (Å²) in [6.45, 7) is 1.70. The van der Waals surface area contributed by atoms with Crippen molar-refractivity contribution in [1.29, 1.82) is 0 Å². The van der Waals surface area contributed by atoms with Crippen LogP contribution in [0, 0.1) is 0 Å². The van der Waals surface area contributed by atoms with E-state index in [-0.39, 0.29) is 12.8 Å². The molecule has 0 aromatic rings. The molecule has 0 aromatic heterocycles. The maximum absolute atomic E-state index is 12.1. The molecule has 0 spiro atoms. The maximum Gasteiger partial charge on any atom is 0.472 e. The first-order chi connectivity index (χ1) is 19.8. The molecule has 0 aliphatic heterocycles. The summed E-state index contributed by atoms with van der Waals surface area (Å²) in [5.41, 5.74) is 0. The Bertz CT molecular complexity index is 878. The maximum atomic E-state index is 12.1. The molecule has 234 valence electrons. The van der Waals surface area contributed by atoms with Crippen LogP contribution >= 0.6 is 7.82 Å². The Labute approximate surface area is 245 Å². The normalized spacial score (nSPS) is 15.3. The number of carbonyl (C=O) groups excluding carboxylic acids is 2. The Morgan fingerprint density at radius 3 is 1.56 bits per heavy atom. The van der Waals surface area contributed by atoms with E-state index in [1.807, 2.05) is 25.2 Å². The first-order valence-corrected chi connectivity index (χ1v) is 15.7. The van der Waals surface area contributed by atoms with E-state index in [1.54, 1.807) is 6.08 Å². The number of phosphoric acid groups is 1. The van der Waals surface area contributed by atoms with Gasteiger partial charge in [-0.2, -0.15) is 0 Å². The van der Waals surface area contributed by atoms with Crippen LogP contribution in [0.4, 0.5) is 0 Å². The van der Waals surface area contributed by atoms with Gasteiger partial charge in [-0.25, -0.2) is 4.57 Å². The number of esters is 2. The summed E-state index contributed by atoms with van der Waals surface area (Å²) in [5, 5.41) is 18.7. The molecule has 41 heavy (non-hydrogen) atoms. The smallest absolute Gasteiger partial charge is 0.457 e. The van der Waals surface area contributed by atoms with Gasteiger partial charge in [-0.3, -0.25) is 18.6 Å². The summed E-state index contributed by atoms with van der Waals surface area (Å²) in [7, 11) is -4.63. The number of aliphatic hydroxyl groups is 2. The number of carbonyl (C=O) groups is 2. The molecule has 0 saturated carbocycles. The van der Waals surface area contributed by atoms with Crippen molar-refractivity contribution in [2.75, 3.05) is 26.4 Å². The number of hydrogen-bond donors (Lipinski definition) is 3. The molecule has 0 amide bonds. The summed E-state index contributed by atoms with van der Waals surface area (Å²) in [4.78, 5) is 33.6. The minimum atomic E-state index is -4.63. The van der Waals surface area contributed by atoms with Crippen LogP contribution in [0.1, 0.15) is 78.1 Å². The minimum Gasteiger partial charge on any atom is -0.457 e. The quantitative estimate of drug-likeness (QED) is 0.0519. The van der Waals surface area contributed by atoms with Crippen molar-refractivity contribution in [2.45, 2.75) is 90.3 Å². The number of ether oxygens (including phenoxy) is 2. The van der Waals surface area contributed by atoms with Gasteiger partial charge in [-0.15, -0.1) is 0 Å². The largest absolute Gasteiger partial charge is 0.472 e. The van der Waals surface area contributed by atoms with Crippen molar-refractivity contribution in [3.8, 4) is 0 Å². The third-order valence-corrected chi connectivity index (χ3v) is 6.23. The van der Waals surface area contributed by atoms with E-state index in [0.717, 1.165) is 38.5 Å². The van der Waals surface area contributed by atoms with Gasteiger partial charge in [0.15, 0.2) is 0 Å². The molecule has 0 bridgehead atoms. The predicted octanol–water partition coefficient (Wildman–Crippen LogP) is 5.65. The highest BCUT2D eigenvalue weighted by molar-refractivity contribution is 7.47. The second kappa shape index (κ2) is 26.6. The number of unbranched alkanes of at least 4 members (excludes halogenated alkanes) is 2. The SMILES string of the molecule is CC/C=C\C/C=C\C/C=C\C/C=C\C/C=C\CC(=O)OC(CO)COP(=O)(O)OCC(CO)OC(=O)CCCCC. The third-order valence-electron chi connectivity index (χ3n) is 5.28. The highest BCUT2D eigenvalue weighted by atomic mass is 31.2. The standard InChI is InChI=1S/C30H49O10P/c1-3-5-7-8-9-10-11-12-13-14-15-16-17-18-20-22-30(34)40-28(24-32)26-38-41(35,36)37-25-27(23-31)39-29(33)21-19-6-4-2/h5,7,9-10,12-13,15-16,18,20,27-28,31-32H,3-4,6,8,11,14,17,19,21-26H2,1-2H3,(H,35,36)/b7-5-,10-9-,13-12-,16-15-,20-18-. The van der Waals surface area contributed by atoms with Crippen molar-refractivity contribution in [2.24, 2.45) is 0 Å². The Kier molecular flexibility index (Phi) is 25.1. The predicted molar refractivity (Wildman–Crippen MR) is 159 cm³/mol. The zero-order chi connectivity index (χ0) is 30.6. The molecule has 0 aliphatic rings. The van der Waals surface area contributed by atoms with E-state index in [4.69, 9.17) is 18.5 Å². The van der Waals surface area contributed by atoms with Crippen LogP contribution in [-0.2, 0) is 32.7 Å². The molecule has 10 nitrogen and oxygen atoms in total. The van der Waals surface area contributed by atoms with Crippen LogP contribution in [0.2, 0.25) is 0 Å². The average molecular weight is 601 g/mol. The Morgan fingerprint density at radius 1 is 0.683 bits per heavy atom. The fraction of sp³-hybridized carbons (Fsp3) is 0.600. The number of aliphatic hydroxyl groups excluding tert-OH is 2. The average Bonchev–Trinajstić information content (AvgIpc) is 2.95. The monoisotopic (exact) mass is 600 g/mol. The van der Waals surface area contributed by atoms with Gasteiger partial charge >= 0.3 is 19.8 Å². The lowest BCUT2D eigenvalue weighted by Crippen LogP contribution is -2.28. The van der Waals surface area contributed by atoms with Crippen LogP contribution in [0.3, 0.4) is 0 Å². The number of hydrogen-bond acceptors (Lipinski definition) is 9. The van der Waals surface area contributed by atoms with Crippen LogP contribution in [-0.4, -0.2) is 65.7 Å². The van der Waals surface area contributed by atoms with Gasteiger partial charge in [0.25, 0.3) is 0 Å². The van der Waals surface area contributed by atoms with Gasteiger partial charge < -0.3 is 24.6 Å². The molecular weight excluding hydrogens is 551 g/mol. The molecular formula is C30H49O10P. The Balaban J connectivity index is 4.22. The van der Waals surface area contributed by atoms with Crippen molar-refractivity contribution < 1.29 is 47.8 Å². The highest BCUT2D eigenvalue weighted by Gasteiger charge is 2.27. The van der Waals surface area contributed by atoms with E-state index in [9.17, 15) is 29.3 Å². The molecule has 3 atom stereocenters. The van der Waals surface area contributed by atoms with Crippen molar-refractivity contribution in [1.82, 2.24) is 0 Å². The first-order valence-electron chi connectivity index (χ1n) is 14.2. The molecule has 0 aromatic carbocycles. The Hall–Kier alpha value is -2.33. The summed E-state index contributed by atoms with van der Waals surface area (Å²) in [5.74, 6) is -1.19. The van der Waals surface area contributed by atoms with Crippen molar-refractivity contribution in [3.63, 3.8) is 0 Å². The lowest BCUT2D eigenvalue weighted by Gasteiger charge is -2.20. The number of rotatable bonds is 25. The van der Waals surface area contributed by atoms with Gasteiger partial charge in [0.05, 0.1) is 32.8 Å². The fourth-order valence-electron chi connectivity index (χ4n) is 3.07. The molecule has 3 N–H and O–H groups in total. The van der Waals surface area contributed by atoms with Gasteiger partial charge in [0.1, 0.15) is 12.2 Å². The molecule has 0 saturated heterocycles. The molecule has 0 fully saturated rings. The van der Waals surface area contributed by atoms with E-state index in [2.05, 4.69) is 43.4 Å². The highest BCUT2D eigenvalue weighted by Crippen LogP contribution is 2.43. The summed E-state index contributed by atoms with van der Waals surface area (Å²) in [6.07, 6.45) is 24.8.